The van der Waals surface area contributed by atoms with Gasteiger partial charge in [0.2, 0.25) is 5.91 Å². The monoisotopic (exact) mass is 484 g/mol. The van der Waals surface area contributed by atoms with Crippen molar-refractivity contribution in [1.29, 1.82) is 0 Å². The highest BCUT2D eigenvalue weighted by molar-refractivity contribution is 8.14. The normalized spacial score (nSPS) is 11.8. The maximum absolute atomic E-state index is 12.4. The molecule has 4 N–H and O–H groups in total. The van der Waals surface area contributed by atoms with E-state index in [0.717, 1.165) is 23.7 Å². The van der Waals surface area contributed by atoms with Gasteiger partial charge in [-0.15, -0.1) is 0 Å². The van der Waals surface area contributed by atoms with Gasteiger partial charge in [0.25, 0.3) is 11.1 Å². The van der Waals surface area contributed by atoms with Gasteiger partial charge in [-0.3, -0.25) is 25.2 Å². The van der Waals surface area contributed by atoms with E-state index in [2.05, 4.69) is 21.5 Å². The second kappa shape index (κ2) is 13.9. The fraction of sp³-hybridized carbons (Fsp3) is 0.524. The van der Waals surface area contributed by atoms with Gasteiger partial charge in [0.15, 0.2) is 0 Å². The van der Waals surface area contributed by atoms with E-state index in [1.54, 1.807) is 26.8 Å². The number of para-hydroxylation sites is 1. The molecule has 32 heavy (non-hydrogen) atoms. The maximum Gasteiger partial charge on any atom is 0.408 e. The molecule has 1 atom stereocenters. The summed E-state index contributed by atoms with van der Waals surface area (Å²) in [6, 6.07) is 6.56. The Morgan fingerprint density at radius 3 is 2.41 bits per heavy atom. The minimum absolute atomic E-state index is 0.119. The number of hydrogen-bond acceptors (Lipinski definition) is 7. The molecule has 1 aromatic carbocycles. The van der Waals surface area contributed by atoms with E-state index < -0.39 is 28.9 Å². The van der Waals surface area contributed by atoms with E-state index in [4.69, 9.17) is 4.74 Å². The van der Waals surface area contributed by atoms with Gasteiger partial charge in [0.1, 0.15) is 11.6 Å². The zero-order valence-corrected chi connectivity index (χ0v) is 20.7. The quantitative estimate of drug-likeness (QED) is 0.396. The molecule has 1 rings (SSSR count). The minimum Gasteiger partial charge on any atom is -0.444 e. The molecule has 178 valence electrons. The average molecular weight is 485 g/mol. The summed E-state index contributed by atoms with van der Waals surface area (Å²) in [6.07, 6.45) is 2.29. The Morgan fingerprint density at radius 1 is 1.09 bits per heavy atom. The Hall–Kier alpha value is -2.40. The molecule has 0 aliphatic heterocycles. The van der Waals surface area contributed by atoms with Crippen LogP contribution in [0.2, 0.25) is 0 Å². The van der Waals surface area contributed by atoms with Crippen LogP contribution in [0.5, 0.6) is 0 Å². The lowest BCUT2D eigenvalue weighted by molar-refractivity contribution is -0.123. The molecular weight excluding hydrogens is 452 g/mol. The first kappa shape index (κ1) is 27.6. The number of hydrogen-bond donors (Lipinski definition) is 4. The van der Waals surface area contributed by atoms with Crippen molar-refractivity contribution in [3.05, 3.63) is 29.8 Å². The molecule has 4 amide bonds. The smallest absolute Gasteiger partial charge is 0.408 e. The molecule has 0 aromatic heterocycles. The summed E-state index contributed by atoms with van der Waals surface area (Å²) in [6.45, 7) is 7.15. The second-order valence-electron chi connectivity index (χ2n) is 7.73. The fourth-order valence-corrected chi connectivity index (χ4v) is 3.39. The number of nitrogens with one attached hydrogen (secondary N) is 4. The van der Waals surface area contributed by atoms with Crippen LogP contribution in [0.25, 0.3) is 0 Å². The van der Waals surface area contributed by atoms with Gasteiger partial charge < -0.3 is 15.4 Å². The molecule has 0 aliphatic carbocycles. The van der Waals surface area contributed by atoms with Crippen LogP contribution in [0, 0.1) is 0 Å². The highest BCUT2D eigenvalue weighted by Crippen LogP contribution is 2.16. The van der Waals surface area contributed by atoms with Crippen LogP contribution in [0.3, 0.4) is 0 Å². The number of carbonyl (C=O) groups excluding carboxylic acids is 4. The molecular formula is C21H32N4O5S2. The average Bonchev–Trinajstić information content (AvgIpc) is 2.72. The van der Waals surface area contributed by atoms with E-state index in [0.29, 0.717) is 17.9 Å². The van der Waals surface area contributed by atoms with Gasteiger partial charge in [-0.25, -0.2) is 4.79 Å². The fourth-order valence-electron chi connectivity index (χ4n) is 2.46. The van der Waals surface area contributed by atoms with E-state index in [9.17, 15) is 19.2 Å². The minimum atomic E-state index is -0.878. The number of thioether (sulfide) groups is 2. The lowest BCUT2D eigenvalue weighted by Gasteiger charge is -2.23. The summed E-state index contributed by atoms with van der Waals surface area (Å²) in [5, 5.41) is 4.68. The number of carbonyl (C=O) groups is 4. The van der Waals surface area contributed by atoms with Crippen LogP contribution in [-0.4, -0.2) is 52.6 Å². The lowest BCUT2D eigenvalue weighted by atomic mass is 10.1. The summed E-state index contributed by atoms with van der Waals surface area (Å²) < 4.78 is 5.18. The summed E-state index contributed by atoms with van der Waals surface area (Å²) in [5.41, 5.74) is 5.53. The number of aryl methyl sites for hydroxylation is 1. The highest BCUT2D eigenvalue weighted by atomic mass is 32.2. The first-order valence-electron chi connectivity index (χ1n) is 10.1. The van der Waals surface area contributed by atoms with Crippen molar-refractivity contribution in [2.24, 2.45) is 0 Å². The molecule has 1 aromatic rings. The molecule has 0 bridgehead atoms. The zero-order valence-electron chi connectivity index (χ0n) is 19.1. The van der Waals surface area contributed by atoms with Gasteiger partial charge in [-0.2, -0.15) is 11.8 Å². The maximum atomic E-state index is 12.4. The van der Waals surface area contributed by atoms with Crippen molar-refractivity contribution in [3.63, 3.8) is 0 Å². The molecule has 0 radical (unpaired) electrons. The molecule has 0 heterocycles. The van der Waals surface area contributed by atoms with Crippen molar-refractivity contribution in [2.75, 3.05) is 23.1 Å². The predicted octanol–water partition coefficient (Wildman–Crippen LogP) is 3.31. The molecule has 9 nitrogen and oxygen atoms in total. The number of anilines is 1. The third-order valence-electron chi connectivity index (χ3n) is 3.91. The summed E-state index contributed by atoms with van der Waals surface area (Å²) in [4.78, 5) is 48.5. The van der Waals surface area contributed by atoms with Gasteiger partial charge in [-0.05, 0) is 57.3 Å². The van der Waals surface area contributed by atoms with Crippen molar-refractivity contribution in [2.45, 2.75) is 52.2 Å². The first-order chi connectivity index (χ1) is 15.1. The SMILES string of the molecule is CCc1ccccc1NC(=O)CSC(=O)NNC(=O)[C@@H](CCSC)NC(=O)OC(C)(C)C. The number of rotatable bonds is 9. The van der Waals surface area contributed by atoms with Crippen LogP contribution in [0.4, 0.5) is 15.3 Å². The summed E-state index contributed by atoms with van der Waals surface area (Å²) in [5.74, 6) is -0.413. The standard InChI is InChI=1S/C21H32N4O5S2/c1-6-14-9-7-8-10-15(14)22-17(26)13-32-20(29)25-24-18(27)16(11-12-31-5)23-19(28)30-21(2,3)4/h7-10,16H,6,11-13H2,1-5H3,(H,22,26)(H,23,28)(H,24,27)(H,25,29)/t16-/m1/s1. The topological polar surface area (TPSA) is 126 Å². The summed E-state index contributed by atoms with van der Waals surface area (Å²) in [7, 11) is 0. The van der Waals surface area contributed by atoms with Gasteiger partial charge >= 0.3 is 6.09 Å². The van der Waals surface area contributed by atoms with E-state index in [-0.39, 0.29) is 11.7 Å². The van der Waals surface area contributed by atoms with Crippen LogP contribution in [0.1, 0.15) is 39.7 Å². The Morgan fingerprint density at radius 2 is 1.78 bits per heavy atom. The van der Waals surface area contributed by atoms with Crippen LogP contribution in [0.15, 0.2) is 24.3 Å². The molecule has 0 fully saturated rings. The molecule has 0 spiro atoms. The number of hydrazine groups is 1. The van der Waals surface area contributed by atoms with Crippen LogP contribution in [-0.2, 0) is 20.7 Å². The van der Waals surface area contributed by atoms with Crippen LogP contribution >= 0.6 is 23.5 Å². The van der Waals surface area contributed by atoms with Crippen molar-refractivity contribution in [3.8, 4) is 0 Å². The lowest BCUT2D eigenvalue weighted by Crippen LogP contribution is -2.52. The van der Waals surface area contributed by atoms with E-state index >= 15 is 0 Å². The van der Waals surface area contributed by atoms with Crippen molar-refractivity contribution < 1.29 is 23.9 Å². The second-order valence-corrected chi connectivity index (χ2v) is 9.66. The third kappa shape index (κ3) is 11.3. The largest absolute Gasteiger partial charge is 0.444 e. The Bertz CT molecular complexity index is 799. The number of amides is 4. The third-order valence-corrected chi connectivity index (χ3v) is 5.33. The molecule has 0 unspecified atom stereocenters. The Kier molecular flexibility index (Phi) is 12.0. The van der Waals surface area contributed by atoms with Crippen molar-refractivity contribution in [1.82, 2.24) is 16.2 Å². The van der Waals surface area contributed by atoms with Gasteiger partial charge in [-0.1, -0.05) is 36.9 Å². The Balaban J connectivity index is 2.49. The van der Waals surface area contributed by atoms with E-state index in [1.165, 1.54) is 11.8 Å². The number of benzene rings is 1. The van der Waals surface area contributed by atoms with Crippen LogP contribution < -0.4 is 21.5 Å². The van der Waals surface area contributed by atoms with Gasteiger partial charge in [0.05, 0.1) is 5.75 Å². The number of ether oxygens (including phenoxy) is 1. The van der Waals surface area contributed by atoms with E-state index in [1.807, 2.05) is 31.4 Å². The zero-order chi connectivity index (χ0) is 24.1. The highest BCUT2D eigenvalue weighted by Gasteiger charge is 2.24. The summed E-state index contributed by atoms with van der Waals surface area (Å²) >= 11 is 2.24. The Labute approximate surface area is 197 Å². The molecule has 0 saturated heterocycles. The van der Waals surface area contributed by atoms with Crippen molar-refractivity contribution >= 4 is 52.4 Å². The van der Waals surface area contributed by atoms with Gasteiger partial charge in [0, 0.05) is 5.69 Å². The molecule has 11 heteroatoms. The first-order valence-corrected chi connectivity index (χ1v) is 12.5. The predicted molar refractivity (Wildman–Crippen MR) is 130 cm³/mol. The molecule has 0 aliphatic rings. The number of alkyl carbamates (subject to hydrolysis) is 1. The molecule has 0 saturated carbocycles.